The van der Waals surface area contributed by atoms with Gasteiger partial charge in [0.05, 0.1) is 0 Å². The standard InChI is InChI=1S/C25H30N2/c1-20-9-5-6-12-22(20)18-27-19-23(24-13-7-8-14-25(24)27)17-26-16-15-21-10-3-2-4-11-21/h5-10,12-14,19,26H,2-4,11,15-18H2,1H3. The van der Waals surface area contributed by atoms with Gasteiger partial charge in [0.25, 0.3) is 0 Å². The van der Waals surface area contributed by atoms with E-state index in [4.69, 9.17) is 0 Å². The number of allylic oxidation sites excluding steroid dienone is 1. The second kappa shape index (κ2) is 8.58. The van der Waals surface area contributed by atoms with Crippen LogP contribution in [-0.2, 0) is 13.1 Å². The van der Waals surface area contributed by atoms with Crippen LogP contribution in [0.2, 0.25) is 0 Å². The van der Waals surface area contributed by atoms with Crippen molar-refractivity contribution in [3.8, 4) is 0 Å². The Bertz CT molecular complexity index is 932. The summed E-state index contributed by atoms with van der Waals surface area (Å²) in [5, 5.41) is 5.05. The number of fused-ring (bicyclic) bond motifs is 1. The molecule has 3 aromatic rings. The molecule has 0 saturated heterocycles. The maximum Gasteiger partial charge on any atom is 0.0486 e. The van der Waals surface area contributed by atoms with Crippen LogP contribution in [0.3, 0.4) is 0 Å². The van der Waals surface area contributed by atoms with Crippen LogP contribution in [0.25, 0.3) is 10.9 Å². The van der Waals surface area contributed by atoms with Crippen LogP contribution in [0.4, 0.5) is 0 Å². The molecule has 2 heteroatoms. The van der Waals surface area contributed by atoms with Gasteiger partial charge < -0.3 is 9.88 Å². The molecule has 0 unspecified atom stereocenters. The zero-order chi connectivity index (χ0) is 18.5. The molecule has 0 spiro atoms. The number of aromatic nitrogens is 1. The lowest BCUT2D eigenvalue weighted by Gasteiger charge is -2.12. The molecule has 140 valence electrons. The van der Waals surface area contributed by atoms with Crippen LogP contribution in [0.5, 0.6) is 0 Å². The first-order valence-corrected chi connectivity index (χ1v) is 10.3. The van der Waals surface area contributed by atoms with Crippen molar-refractivity contribution in [2.75, 3.05) is 6.54 Å². The summed E-state index contributed by atoms with van der Waals surface area (Å²) >= 11 is 0. The monoisotopic (exact) mass is 358 g/mol. The molecule has 0 atom stereocenters. The van der Waals surface area contributed by atoms with Gasteiger partial charge in [0.1, 0.15) is 0 Å². The molecule has 0 fully saturated rings. The molecule has 1 aromatic heterocycles. The minimum Gasteiger partial charge on any atom is -0.343 e. The normalized spacial score (nSPS) is 14.5. The summed E-state index contributed by atoms with van der Waals surface area (Å²) in [7, 11) is 0. The molecule has 0 aliphatic heterocycles. The van der Waals surface area contributed by atoms with Crippen LogP contribution in [0.1, 0.15) is 48.8 Å². The second-order valence-corrected chi connectivity index (χ2v) is 7.76. The van der Waals surface area contributed by atoms with E-state index >= 15 is 0 Å². The lowest BCUT2D eigenvalue weighted by atomic mass is 9.97. The van der Waals surface area contributed by atoms with Crippen molar-refractivity contribution in [3.63, 3.8) is 0 Å². The molecule has 0 radical (unpaired) electrons. The van der Waals surface area contributed by atoms with E-state index in [1.165, 1.54) is 59.7 Å². The number of hydrogen-bond acceptors (Lipinski definition) is 1. The van der Waals surface area contributed by atoms with E-state index in [-0.39, 0.29) is 0 Å². The van der Waals surface area contributed by atoms with Crippen LogP contribution in [0, 0.1) is 6.92 Å². The van der Waals surface area contributed by atoms with E-state index in [2.05, 4.69) is 77.6 Å². The second-order valence-electron chi connectivity index (χ2n) is 7.76. The Balaban J connectivity index is 1.46. The minimum atomic E-state index is 0.931. The fourth-order valence-electron chi connectivity index (χ4n) is 4.17. The first-order chi connectivity index (χ1) is 13.3. The average Bonchev–Trinajstić information content (AvgIpc) is 3.06. The third kappa shape index (κ3) is 4.33. The lowest BCUT2D eigenvalue weighted by molar-refractivity contribution is 0.632. The number of para-hydroxylation sites is 1. The van der Waals surface area contributed by atoms with Gasteiger partial charge in [-0.15, -0.1) is 0 Å². The molecule has 0 saturated carbocycles. The third-order valence-corrected chi connectivity index (χ3v) is 5.80. The topological polar surface area (TPSA) is 17.0 Å². The van der Waals surface area contributed by atoms with Gasteiger partial charge >= 0.3 is 0 Å². The number of aryl methyl sites for hydroxylation is 1. The van der Waals surface area contributed by atoms with Crippen molar-refractivity contribution < 1.29 is 0 Å². The van der Waals surface area contributed by atoms with E-state index in [9.17, 15) is 0 Å². The zero-order valence-corrected chi connectivity index (χ0v) is 16.4. The predicted molar refractivity (Wildman–Crippen MR) is 115 cm³/mol. The van der Waals surface area contributed by atoms with Gasteiger partial charge in [0, 0.05) is 30.2 Å². The van der Waals surface area contributed by atoms with Gasteiger partial charge in [-0.25, -0.2) is 0 Å². The minimum absolute atomic E-state index is 0.931. The first kappa shape index (κ1) is 18.1. The molecule has 1 aliphatic carbocycles. The number of benzene rings is 2. The number of nitrogens with zero attached hydrogens (tertiary/aromatic N) is 1. The first-order valence-electron chi connectivity index (χ1n) is 10.3. The van der Waals surface area contributed by atoms with Gasteiger partial charge in [0.2, 0.25) is 0 Å². The summed E-state index contributed by atoms with van der Waals surface area (Å²) in [6.07, 6.45) is 11.3. The van der Waals surface area contributed by atoms with E-state index in [0.29, 0.717) is 0 Å². The SMILES string of the molecule is Cc1ccccc1Cn1cc(CNCCC2=CCCCC2)c2ccccc21. The molecule has 27 heavy (non-hydrogen) atoms. The van der Waals surface area contributed by atoms with Crippen LogP contribution >= 0.6 is 0 Å². The Morgan fingerprint density at radius 2 is 1.81 bits per heavy atom. The van der Waals surface area contributed by atoms with Gasteiger partial charge in [0.15, 0.2) is 0 Å². The Kier molecular flexibility index (Phi) is 5.74. The Morgan fingerprint density at radius 3 is 2.67 bits per heavy atom. The highest BCUT2D eigenvalue weighted by Crippen LogP contribution is 2.23. The van der Waals surface area contributed by atoms with E-state index < -0.39 is 0 Å². The highest BCUT2D eigenvalue weighted by Gasteiger charge is 2.09. The number of nitrogens with one attached hydrogen (secondary N) is 1. The smallest absolute Gasteiger partial charge is 0.0486 e. The maximum atomic E-state index is 3.68. The van der Waals surface area contributed by atoms with Crippen LogP contribution in [0.15, 0.2) is 66.4 Å². The van der Waals surface area contributed by atoms with E-state index in [1.54, 1.807) is 5.57 Å². The summed E-state index contributed by atoms with van der Waals surface area (Å²) in [5.74, 6) is 0. The number of hydrogen-bond donors (Lipinski definition) is 1. The Morgan fingerprint density at radius 1 is 0.963 bits per heavy atom. The Hall–Kier alpha value is -2.32. The van der Waals surface area contributed by atoms with Crippen molar-refractivity contribution in [1.82, 2.24) is 9.88 Å². The highest BCUT2D eigenvalue weighted by molar-refractivity contribution is 5.84. The summed E-state index contributed by atoms with van der Waals surface area (Å²) in [6.45, 7) is 5.14. The quantitative estimate of drug-likeness (QED) is 0.406. The number of rotatable bonds is 7. The fourth-order valence-corrected chi connectivity index (χ4v) is 4.17. The van der Waals surface area contributed by atoms with Gasteiger partial charge in [-0.3, -0.25) is 0 Å². The molecule has 1 heterocycles. The van der Waals surface area contributed by atoms with Crippen molar-refractivity contribution >= 4 is 10.9 Å². The predicted octanol–water partition coefficient (Wildman–Crippen LogP) is 5.98. The van der Waals surface area contributed by atoms with Crippen molar-refractivity contribution in [2.45, 2.75) is 52.1 Å². The van der Waals surface area contributed by atoms with Crippen LogP contribution < -0.4 is 5.32 Å². The highest BCUT2D eigenvalue weighted by atomic mass is 15.0. The molecule has 4 rings (SSSR count). The molecular weight excluding hydrogens is 328 g/mol. The van der Waals surface area contributed by atoms with Crippen LogP contribution in [-0.4, -0.2) is 11.1 Å². The van der Waals surface area contributed by atoms with Gasteiger partial charge in [-0.05, 0) is 68.3 Å². The molecule has 0 bridgehead atoms. The zero-order valence-electron chi connectivity index (χ0n) is 16.4. The average molecular weight is 359 g/mol. The summed E-state index contributed by atoms with van der Waals surface area (Å²) in [6, 6.07) is 17.5. The molecule has 1 N–H and O–H groups in total. The maximum absolute atomic E-state index is 3.68. The van der Waals surface area contributed by atoms with Gasteiger partial charge in [-0.2, -0.15) is 0 Å². The Labute approximate surface area is 162 Å². The molecule has 1 aliphatic rings. The summed E-state index contributed by atoms with van der Waals surface area (Å²) in [5.41, 5.74) is 7.12. The lowest BCUT2D eigenvalue weighted by Crippen LogP contribution is -2.15. The van der Waals surface area contributed by atoms with E-state index in [1.807, 2.05) is 0 Å². The third-order valence-electron chi connectivity index (χ3n) is 5.80. The summed E-state index contributed by atoms with van der Waals surface area (Å²) in [4.78, 5) is 0. The largest absolute Gasteiger partial charge is 0.343 e. The summed E-state index contributed by atoms with van der Waals surface area (Å²) < 4.78 is 2.40. The molecule has 0 amide bonds. The van der Waals surface area contributed by atoms with Crippen molar-refractivity contribution in [3.05, 3.63) is 83.1 Å². The van der Waals surface area contributed by atoms with Gasteiger partial charge in [-0.1, -0.05) is 54.1 Å². The molecule has 2 nitrogen and oxygen atoms in total. The fraction of sp³-hybridized carbons (Fsp3) is 0.360. The molecular formula is C25H30N2. The molecule has 2 aromatic carbocycles. The van der Waals surface area contributed by atoms with Crippen molar-refractivity contribution in [2.24, 2.45) is 0 Å². The van der Waals surface area contributed by atoms with Crippen molar-refractivity contribution in [1.29, 1.82) is 0 Å². The van der Waals surface area contributed by atoms with E-state index in [0.717, 1.165) is 19.6 Å².